The highest BCUT2D eigenvalue weighted by Crippen LogP contribution is 2.27. The van der Waals surface area contributed by atoms with Crippen LogP contribution in [0.1, 0.15) is 62.3 Å². The average Bonchev–Trinajstić information content (AvgIpc) is 3.39. The van der Waals surface area contributed by atoms with Crippen molar-refractivity contribution in [1.82, 2.24) is 19.9 Å². The molecule has 154 valence electrons. The molecule has 1 atom stereocenters. The number of nitrogens with two attached hydrogens (primary N) is 1. The fourth-order valence-electron chi connectivity index (χ4n) is 4.04. The van der Waals surface area contributed by atoms with Crippen LogP contribution in [-0.2, 0) is 6.42 Å². The summed E-state index contributed by atoms with van der Waals surface area (Å²) in [6.45, 7) is 7.46. The van der Waals surface area contributed by atoms with Gasteiger partial charge in [0.25, 0.3) is 0 Å². The lowest BCUT2D eigenvalue weighted by Crippen LogP contribution is -2.23. The molecule has 0 spiro atoms. The maximum Gasteiger partial charge on any atom is 0.319 e. The van der Waals surface area contributed by atoms with Crippen LogP contribution in [0.2, 0.25) is 0 Å². The Morgan fingerprint density at radius 2 is 1.93 bits per heavy atom. The lowest BCUT2D eigenvalue weighted by Gasteiger charge is -2.24. The molecule has 29 heavy (non-hydrogen) atoms. The SMILES string of the molecule is CCCCOc1nc(N)c2[nH]cc(Cc3ccc(C(C)N4CCCC4)cc3)c2n1. The number of aromatic amines is 1. The van der Waals surface area contributed by atoms with Gasteiger partial charge < -0.3 is 15.5 Å². The van der Waals surface area contributed by atoms with Crippen LogP contribution in [0.4, 0.5) is 5.82 Å². The second kappa shape index (κ2) is 8.82. The van der Waals surface area contributed by atoms with E-state index in [-0.39, 0.29) is 0 Å². The van der Waals surface area contributed by atoms with Crippen LogP contribution in [0.25, 0.3) is 11.0 Å². The molecule has 1 fully saturated rings. The molecule has 1 saturated heterocycles. The summed E-state index contributed by atoms with van der Waals surface area (Å²) in [5.41, 5.74) is 11.5. The third-order valence-electron chi connectivity index (χ3n) is 5.89. The third kappa shape index (κ3) is 4.37. The van der Waals surface area contributed by atoms with E-state index in [1.54, 1.807) is 0 Å². The first-order valence-corrected chi connectivity index (χ1v) is 10.7. The van der Waals surface area contributed by atoms with Gasteiger partial charge in [-0.3, -0.25) is 4.90 Å². The highest BCUT2D eigenvalue weighted by molar-refractivity contribution is 5.87. The number of nitrogens with one attached hydrogen (secondary N) is 1. The minimum atomic E-state index is 0.360. The lowest BCUT2D eigenvalue weighted by atomic mass is 10.0. The smallest absolute Gasteiger partial charge is 0.319 e. The lowest BCUT2D eigenvalue weighted by molar-refractivity contribution is 0.263. The summed E-state index contributed by atoms with van der Waals surface area (Å²) in [7, 11) is 0. The molecule has 6 nitrogen and oxygen atoms in total. The van der Waals surface area contributed by atoms with Crippen molar-refractivity contribution < 1.29 is 4.74 Å². The molecule has 3 aromatic rings. The molecular formula is C23H31N5O. The molecule has 1 unspecified atom stereocenters. The average molecular weight is 394 g/mol. The topological polar surface area (TPSA) is 80.1 Å². The maximum absolute atomic E-state index is 6.11. The predicted molar refractivity (Wildman–Crippen MR) is 117 cm³/mol. The highest BCUT2D eigenvalue weighted by Gasteiger charge is 2.19. The number of unbranched alkanes of at least 4 members (excludes halogenated alkanes) is 1. The highest BCUT2D eigenvalue weighted by atomic mass is 16.5. The van der Waals surface area contributed by atoms with Crippen LogP contribution in [0, 0.1) is 0 Å². The fraction of sp³-hybridized carbons (Fsp3) is 0.478. The van der Waals surface area contributed by atoms with Crippen LogP contribution in [0.5, 0.6) is 6.01 Å². The zero-order valence-corrected chi connectivity index (χ0v) is 17.4. The molecular weight excluding hydrogens is 362 g/mol. The molecule has 6 heteroatoms. The van der Waals surface area contributed by atoms with Crippen molar-refractivity contribution in [3.05, 3.63) is 47.2 Å². The van der Waals surface area contributed by atoms with Crippen molar-refractivity contribution in [2.24, 2.45) is 0 Å². The van der Waals surface area contributed by atoms with E-state index >= 15 is 0 Å². The molecule has 2 aromatic heterocycles. The number of H-pyrrole nitrogens is 1. The Bertz CT molecular complexity index is 944. The number of likely N-dealkylation sites (tertiary alicyclic amines) is 1. The van der Waals surface area contributed by atoms with Gasteiger partial charge in [-0.1, -0.05) is 37.6 Å². The molecule has 0 bridgehead atoms. The molecule has 3 heterocycles. The van der Waals surface area contributed by atoms with E-state index in [1.807, 2.05) is 6.20 Å². The van der Waals surface area contributed by atoms with Crippen LogP contribution >= 0.6 is 0 Å². The molecule has 1 aliphatic heterocycles. The quantitative estimate of drug-likeness (QED) is 0.552. The molecule has 4 rings (SSSR count). The third-order valence-corrected chi connectivity index (χ3v) is 5.89. The summed E-state index contributed by atoms with van der Waals surface area (Å²) in [5.74, 6) is 0.433. The van der Waals surface area contributed by atoms with E-state index < -0.39 is 0 Å². The van der Waals surface area contributed by atoms with Gasteiger partial charge in [0, 0.05) is 24.2 Å². The Balaban J connectivity index is 1.51. The second-order valence-corrected chi connectivity index (χ2v) is 7.97. The molecule has 1 aromatic carbocycles. The standard InChI is InChI=1S/C23H31N5O/c1-3-4-13-29-23-26-20-19(15-25-21(20)22(24)27-23)14-17-7-9-18(10-8-17)16(2)28-11-5-6-12-28/h7-10,15-16,25H,3-6,11-14H2,1-2H3,(H2,24,26,27). The number of hydrogen-bond donors (Lipinski definition) is 2. The van der Waals surface area contributed by atoms with Gasteiger partial charge in [0.1, 0.15) is 11.0 Å². The summed E-state index contributed by atoms with van der Waals surface area (Å²) >= 11 is 0. The second-order valence-electron chi connectivity index (χ2n) is 7.97. The minimum Gasteiger partial charge on any atom is -0.463 e. The van der Waals surface area contributed by atoms with Crippen LogP contribution in [0.15, 0.2) is 30.5 Å². The number of nitrogen functional groups attached to an aromatic ring is 1. The van der Waals surface area contributed by atoms with Crippen molar-refractivity contribution in [3.8, 4) is 6.01 Å². The number of benzene rings is 1. The largest absolute Gasteiger partial charge is 0.463 e. The maximum atomic E-state index is 6.11. The van der Waals surface area contributed by atoms with Crippen molar-refractivity contribution >= 4 is 16.9 Å². The number of hydrogen-bond acceptors (Lipinski definition) is 5. The zero-order valence-electron chi connectivity index (χ0n) is 17.4. The van der Waals surface area contributed by atoms with Crippen molar-refractivity contribution in [1.29, 1.82) is 0 Å². The van der Waals surface area contributed by atoms with Gasteiger partial charge >= 0.3 is 6.01 Å². The summed E-state index contributed by atoms with van der Waals surface area (Å²) in [6.07, 6.45) is 7.45. The van der Waals surface area contributed by atoms with Gasteiger partial charge in [-0.25, -0.2) is 0 Å². The predicted octanol–water partition coefficient (Wildman–Crippen LogP) is 4.47. The monoisotopic (exact) mass is 393 g/mol. The summed E-state index contributed by atoms with van der Waals surface area (Å²) in [5, 5.41) is 0. The van der Waals surface area contributed by atoms with Gasteiger partial charge in [0.2, 0.25) is 0 Å². The van der Waals surface area contributed by atoms with E-state index in [0.717, 1.165) is 35.9 Å². The molecule has 3 N–H and O–H groups in total. The first-order valence-electron chi connectivity index (χ1n) is 10.7. The Kier molecular flexibility index (Phi) is 6.00. The minimum absolute atomic E-state index is 0.360. The van der Waals surface area contributed by atoms with Crippen molar-refractivity contribution in [2.75, 3.05) is 25.4 Å². The van der Waals surface area contributed by atoms with E-state index in [0.29, 0.717) is 24.5 Å². The number of fused-ring (bicyclic) bond motifs is 1. The van der Waals surface area contributed by atoms with Crippen LogP contribution < -0.4 is 10.5 Å². The Morgan fingerprint density at radius 1 is 1.17 bits per heavy atom. The van der Waals surface area contributed by atoms with Gasteiger partial charge in [-0.2, -0.15) is 9.97 Å². The van der Waals surface area contributed by atoms with E-state index in [4.69, 9.17) is 10.5 Å². The van der Waals surface area contributed by atoms with Crippen molar-refractivity contribution in [2.45, 2.75) is 52.0 Å². The van der Waals surface area contributed by atoms with Gasteiger partial charge in [-0.05, 0) is 50.4 Å². The zero-order chi connectivity index (χ0) is 20.2. The number of aromatic nitrogens is 3. The number of nitrogens with zero attached hydrogens (tertiary/aromatic N) is 3. The number of ether oxygens (including phenoxy) is 1. The number of anilines is 1. The Labute approximate surface area is 172 Å². The van der Waals surface area contributed by atoms with E-state index in [1.165, 1.54) is 37.1 Å². The van der Waals surface area contributed by atoms with Gasteiger partial charge in [0.15, 0.2) is 5.82 Å². The number of rotatable bonds is 8. The molecule has 0 aliphatic carbocycles. The van der Waals surface area contributed by atoms with E-state index in [2.05, 4.69) is 58.0 Å². The Hall–Kier alpha value is -2.60. The normalized spacial score (nSPS) is 15.8. The molecule has 0 radical (unpaired) electrons. The summed E-state index contributed by atoms with van der Waals surface area (Å²) < 4.78 is 5.68. The molecule has 0 amide bonds. The summed E-state index contributed by atoms with van der Waals surface area (Å²) in [4.78, 5) is 14.7. The van der Waals surface area contributed by atoms with E-state index in [9.17, 15) is 0 Å². The Morgan fingerprint density at radius 3 is 2.66 bits per heavy atom. The fourth-order valence-corrected chi connectivity index (χ4v) is 4.04. The van der Waals surface area contributed by atoms with Gasteiger partial charge in [0.05, 0.1) is 6.61 Å². The van der Waals surface area contributed by atoms with Crippen LogP contribution in [-0.4, -0.2) is 39.5 Å². The first kappa shape index (κ1) is 19.7. The van der Waals surface area contributed by atoms with Crippen molar-refractivity contribution in [3.63, 3.8) is 0 Å². The van der Waals surface area contributed by atoms with Gasteiger partial charge in [-0.15, -0.1) is 0 Å². The first-order chi connectivity index (χ1) is 14.2. The molecule has 1 aliphatic rings. The van der Waals surface area contributed by atoms with Crippen LogP contribution in [0.3, 0.4) is 0 Å². The summed E-state index contributed by atoms with van der Waals surface area (Å²) in [6, 6.07) is 9.81. The molecule has 0 saturated carbocycles.